The van der Waals surface area contributed by atoms with Crippen molar-refractivity contribution < 1.29 is 67.6 Å². The Morgan fingerprint density at radius 2 is 0.721 bits per heavy atom. The van der Waals surface area contributed by atoms with Gasteiger partial charge in [-0.2, -0.15) is 19.9 Å². The SMILES string of the molecule is CS(=O)(=O)c1ccc(-c2noc([C@H]3CCCN3C(=O)C[C@H](N)Cc3ccccc3F)n2)cc1.N[C@@H](CC(=O)N1CCC[C@@H]1c1nc(-c2cccc(Cl)c2)no1)Cc1ccccc1F.N[C@@H](CC(=O)N1CCC[C@@H]1c1nc(-c2cccc(F)c2)no1)Cc1ccccc1F.N[C@@H](CC(=O)N1CCC[C@@H]1c1nc(-c2ccccn2)no1)Cc1ccccc1F. The third-order valence-electron chi connectivity index (χ3n) is 21.3. The van der Waals surface area contributed by atoms with E-state index in [9.17, 15) is 49.5 Å². The van der Waals surface area contributed by atoms with E-state index >= 15 is 0 Å². The molecule has 34 heteroatoms. The Bertz CT molecular complexity index is 5510. The number of carbonyl (C=O) groups is 4. The second-order valence-corrected chi connectivity index (χ2v) is 32.8. The zero-order valence-electron chi connectivity index (χ0n) is 66.6. The highest BCUT2D eigenvalue weighted by Crippen LogP contribution is 2.38. The Labute approximate surface area is 705 Å². The van der Waals surface area contributed by atoms with Crippen LogP contribution in [0.25, 0.3) is 45.7 Å². The van der Waals surface area contributed by atoms with Gasteiger partial charge in [0, 0.05) is 110 Å². The third-order valence-corrected chi connectivity index (χ3v) is 22.7. The van der Waals surface area contributed by atoms with Gasteiger partial charge in [-0.1, -0.05) is 135 Å². The normalized spacial score (nSPS) is 17.3. The Kier molecular flexibility index (Phi) is 29.4. The number of nitrogens with zero attached hydrogens (tertiary/aromatic N) is 13. The molecule has 0 unspecified atom stereocenters. The summed E-state index contributed by atoms with van der Waals surface area (Å²) in [6.45, 7) is 2.33. The van der Waals surface area contributed by atoms with E-state index in [1.165, 1.54) is 48.5 Å². The molecule has 4 aliphatic rings. The van der Waals surface area contributed by atoms with Crippen molar-refractivity contribution in [3.63, 3.8) is 0 Å². The number of hydrogen-bond donors (Lipinski definition) is 4. The van der Waals surface area contributed by atoms with Crippen LogP contribution in [0.4, 0.5) is 22.0 Å². The topological polar surface area (TPSA) is 388 Å². The molecule has 12 aromatic rings. The van der Waals surface area contributed by atoms with Crippen molar-refractivity contribution in [1.29, 1.82) is 0 Å². The molecule has 16 rings (SSSR count). The molecular formula is C88H91ClF5N17O10S. The first kappa shape index (κ1) is 87.7. The summed E-state index contributed by atoms with van der Waals surface area (Å²) in [7, 11) is -3.30. The maximum atomic E-state index is 13.9. The number of nitrogens with two attached hydrogens (primary N) is 4. The van der Waals surface area contributed by atoms with Crippen LogP contribution in [0.1, 0.15) is 147 Å². The summed E-state index contributed by atoms with van der Waals surface area (Å²) in [5.74, 6) is 0.772. The summed E-state index contributed by atoms with van der Waals surface area (Å²) >= 11 is 6.04. The molecule has 4 saturated heterocycles. The van der Waals surface area contributed by atoms with E-state index in [-0.39, 0.29) is 126 Å². The van der Waals surface area contributed by atoms with Crippen molar-refractivity contribution >= 4 is 45.1 Å². The monoisotopic (exact) mass is 1710 g/mol. The summed E-state index contributed by atoms with van der Waals surface area (Å²) in [6.07, 6.45) is 10.5. The fraction of sp³-hybridized carbons (Fsp3) is 0.330. The van der Waals surface area contributed by atoms with Gasteiger partial charge >= 0.3 is 0 Å². The maximum absolute atomic E-state index is 13.9. The summed E-state index contributed by atoms with van der Waals surface area (Å²) in [5.41, 5.74) is 29.0. The van der Waals surface area contributed by atoms with Gasteiger partial charge < -0.3 is 60.6 Å². The van der Waals surface area contributed by atoms with E-state index in [0.29, 0.717) is 137 Å². The lowest BCUT2D eigenvalue weighted by Crippen LogP contribution is -2.36. The van der Waals surface area contributed by atoms with Crippen molar-refractivity contribution in [2.24, 2.45) is 22.9 Å². The molecule has 8 atom stereocenters. The number of amides is 4. The fourth-order valence-corrected chi connectivity index (χ4v) is 16.1. The van der Waals surface area contributed by atoms with Gasteiger partial charge in [0.05, 0.1) is 4.90 Å². The highest BCUT2D eigenvalue weighted by molar-refractivity contribution is 7.90. The van der Waals surface area contributed by atoms with Crippen molar-refractivity contribution in [1.82, 2.24) is 65.1 Å². The molecule has 0 saturated carbocycles. The van der Waals surface area contributed by atoms with Crippen molar-refractivity contribution in [2.75, 3.05) is 32.4 Å². The molecular weight excluding hydrogens is 1620 g/mol. The van der Waals surface area contributed by atoms with Crippen LogP contribution in [0.2, 0.25) is 5.02 Å². The maximum Gasteiger partial charge on any atom is 0.249 e. The molecule has 0 spiro atoms. The quantitative estimate of drug-likeness (QED) is 0.0386. The average Bonchev–Trinajstić information content (AvgIpc) is 1.68. The lowest BCUT2D eigenvalue weighted by atomic mass is 10.0. The van der Waals surface area contributed by atoms with Crippen LogP contribution < -0.4 is 22.9 Å². The number of benzene rings is 7. The molecule has 8 N–H and O–H groups in total. The van der Waals surface area contributed by atoms with Crippen LogP contribution in [0.15, 0.2) is 217 Å². The van der Waals surface area contributed by atoms with Gasteiger partial charge in [0.1, 0.15) is 58.9 Å². The Hall–Kier alpha value is -12.1. The van der Waals surface area contributed by atoms with E-state index in [1.807, 2.05) is 24.3 Å². The molecule has 122 heavy (non-hydrogen) atoms. The van der Waals surface area contributed by atoms with E-state index in [2.05, 4.69) is 45.5 Å². The second kappa shape index (κ2) is 41.0. The van der Waals surface area contributed by atoms with Crippen LogP contribution in [-0.4, -0.2) is 154 Å². The smallest absolute Gasteiger partial charge is 0.249 e. The molecule has 0 radical (unpaired) electrons. The van der Waals surface area contributed by atoms with E-state index in [0.717, 1.165) is 50.3 Å². The second-order valence-electron chi connectivity index (χ2n) is 30.4. The third kappa shape index (κ3) is 22.9. The van der Waals surface area contributed by atoms with Crippen molar-refractivity contribution in [3.8, 4) is 45.7 Å². The summed E-state index contributed by atoms with van der Waals surface area (Å²) < 4.78 is 114. The molecule has 4 aliphatic heterocycles. The molecule has 9 heterocycles. The van der Waals surface area contributed by atoms with E-state index in [1.54, 1.807) is 141 Å². The molecule has 4 amide bonds. The van der Waals surface area contributed by atoms with Crippen LogP contribution in [0.3, 0.4) is 0 Å². The highest BCUT2D eigenvalue weighted by atomic mass is 35.5. The molecule has 27 nitrogen and oxygen atoms in total. The van der Waals surface area contributed by atoms with Crippen LogP contribution >= 0.6 is 11.6 Å². The first-order valence-corrected chi connectivity index (χ1v) is 42.3. The highest BCUT2D eigenvalue weighted by Gasteiger charge is 2.39. The first-order valence-electron chi connectivity index (χ1n) is 40.1. The van der Waals surface area contributed by atoms with E-state index < -0.39 is 34.0 Å². The number of aromatic nitrogens is 9. The van der Waals surface area contributed by atoms with E-state index in [4.69, 9.17) is 52.6 Å². The minimum atomic E-state index is -3.30. The number of pyridine rings is 1. The average molecular weight is 1710 g/mol. The predicted octanol–water partition coefficient (Wildman–Crippen LogP) is 13.6. The van der Waals surface area contributed by atoms with Crippen LogP contribution in [-0.2, 0) is 54.7 Å². The van der Waals surface area contributed by atoms with Crippen molar-refractivity contribution in [2.45, 2.75) is 156 Å². The molecule has 7 aromatic carbocycles. The first-order chi connectivity index (χ1) is 58.8. The van der Waals surface area contributed by atoms with Gasteiger partial charge in [-0.25, -0.2) is 30.4 Å². The molecule has 636 valence electrons. The molecule has 5 aromatic heterocycles. The van der Waals surface area contributed by atoms with Gasteiger partial charge in [0.25, 0.3) is 0 Å². The van der Waals surface area contributed by atoms with Gasteiger partial charge in [-0.05, 0) is 184 Å². The number of carbonyl (C=O) groups excluding carboxylic acids is 4. The summed E-state index contributed by atoms with van der Waals surface area (Å²) in [4.78, 5) is 80.5. The van der Waals surface area contributed by atoms with Gasteiger partial charge in [-0.3, -0.25) is 24.2 Å². The number of hydrogen-bond acceptors (Lipinski definition) is 23. The minimum Gasteiger partial charge on any atom is -0.337 e. The summed E-state index contributed by atoms with van der Waals surface area (Å²) in [6, 6.07) is 47.4. The standard InChI is InChI=1S/C23H25FN4O4S.C22H22ClFN4O2.C22H22F2N4O2.C21H22FN5O2/c1-33(30,31)18-10-8-15(9-11-18)22-26-23(32-27-22)20-7-4-12-28(20)21(29)14-17(25)13-16-5-2-3-6-19(16)24;2*23-16-7-3-6-15(11-16)21-26-22(30-27-21)19-9-4-10-28(19)20(29)13-17(25)12-14-5-1-2-8-18(14)24;22-16-7-2-1-6-14(16)12-15(23)13-19(28)27-11-5-9-18(27)21-25-20(26-29-21)17-8-3-4-10-24-17/h2-3,5-6,8-11,17,20H,4,7,12-14,25H2,1H3;2*1-3,5-8,11,17,19H,4,9-10,12-13,25H2;1-4,6-8,10,15,18H,5,9,11-13,23H2/t17-,20-;2*17-,19-;15-,18-/m1111/s1. The number of halogens is 6. The van der Waals surface area contributed by atoms with Crippen molar-refractivity contribution in [3.05, 3.63) is 274 Å². The van der Waals surface area contributed by atoms with Gasteiger partial charge in [0.2, 0.25) is 70.5 Å². The molecule has 4 fully saturated rings. The Morgan fingerprint density at radius 1 is 0.402 bits per heavy atom. The lowest BCUT2D eigenvalue weighted by Gasteiger charge is -2.23. The minimum absolute atomic E-state index is 0.0821. The molecule has 0 bridgehead atoms. The lowest BCUT2D eigenvalue weighted by molar-refractivity contribution is -0.133. The largest absolute Gasteiger partial charge is 0.337 e. The van der Waals surface area contributed by atoms with Crippen LogP contribution in [0, 0.1) is 29.1 Å². The summed E-state index contributed by atoms with van der Waals surface area (Å²) in [5, 5.41) is 16.6. The van der Waals surface area contributed by atoms with Crippen LogP contribution in [0.5, 0.6) is 0 Å². The number of rotatable bonds is 25. The number of sulfone groups is 1. The Morgan fingerprint density at radius 3 is 1.05 bits per heavy atom. The zero-order chi connectivity index (χ0) is 86.0. The molecule has 0 aliphatic carbocycles. The van der Waals surface area contributed by atoms with Gasteiger partial charge in [0.15, 0.2) is 9.84 Å². The fourth-order valence-electron chi connectivity index (χ4n) is 15.3. The van der Waals surface area contributed by atoms with Gasteiger partial charge in [-0.15, -0.1) is 0 Å². The zero-order valence-corrected chi connectivity index (χ0v) is 68.2. The predicted molar refractivity (Wildman–Crippen MR) is 440 cm³/mol. The Balaban J connectivity index is 0.000000140. The number of likely N-dealkylation sites (tertiary alicyclic amines) is 4.